The van der Waals surface area contributed by atoms with Gasteiger partial charge in [0.05, 0.1) is 0 Å². The van der Waals surface area contributed by atoms with E-state index < -0.39 is 0 Å². The van der Waals surface area contributed by atoms with Gasteiger partial charge < -0.3 is 10.1 Å². The fourth-order valence-corrected chi connectivity index (χ4v) is 3.41. The number of carbonyl (C=O) groups excluding carboxylic acids is 1. The number of fused-ring (bicyclic) bond motifs is 1. The zero-order valence-corrected chi connectivity index (χ0v) is 15.2. The van der Waals surface area contributed by atoms with Crippen LogP contribution in [0, 0.1) is 0 Å². The molecule has 6 heteroatoms. The standard InChI is InChI=1S/C21H20N4O2/c1-14-19(15(2)26)20(25-21(24-14)22-13-23-25)17-10-6-7-11-18(17)27-12-16-8-4-3-5-9-16/h3-11,13,20H,12H2,1-2H3,(H,22,23,24)/t20-/m0/s1. The van der Waals surface area contributed by atoms with Crippen LogP contribution in [0.25, 0.3) is 0 Å². The van der Waals surface area contributed by atoms with E-state index in [4.69, 9.17) is 4.74 Å². The number of para-hydroxylation sites is 1. The van der Waals surface area contributed by atoms with E-state index in [1.54, 1.807) is 11.6 Å². The molecule has 0 fully saturated rings. The lowest BCUT2D eigenvalue weighted by Gasteiger charge is -2.29. The number of ether oxygens (including phenoxy) is 1. The van der Waals surface area contributed by atoms with Crippen LogP contribution in [0.1, 0.15) is 31.0 Å². The number of nitrogens with zero attached hydrogens (tertiary/aromatic N) is 3. The maximum atomic E-state index is 12.4. The number of allylic oxidation sites excluding steroid dienone is 2. The van der Waals surface area contributed by atoms with Crippen LogP contribution in [-0.4, -0.2) is 20.5 Å². The molecule has 1 atom stereocenters. The van der Waals surface area contributed by atoms with Crippen LogP contribution in [0.15, 0.2) is 72.2 Å². The number of aromatic nitrogens is 3. The number of hydrogen-bond acceptors (Lipinski definition) is 5. The number of ketones is 1. The molecule has 0 amide bonds. The van der Waals surface area contributed by atoms with Gasteiger partial charge in [-0.1, -0.05) is 48.5 Å². The third-order valence-corrected chi connectivity index (χ3v) is 4.62. The maximum absolute atomic E-state index is 12.4. The minimum absolute atomic E-state index is 0.0102. The molecule has 6 nitrogen and oxygen atoms in total. The first-order valence-corrected chi connectivity index (χ1v) is 8.79. The average molecular weight is 360 g/mol. The van der Waals surface area contributed by atoms with Crippen molar-refractivity contribution in [2.75, 3.05) is 5.32 Å². The molecule has 0 radical (unpaired) electrons. The van der Waals surface area contributed by atoms with Gasteiger partial charge in [-0.3, -0.25) is 4.79 Å². The van der Waals surface area contributed by atoms with Crippen molar-refractivity contribution in [2.45, 2.75) is 26.5 Å². The third kappa shape index (κ3) is 3.21. The summed E-state index contributed by atoms with van der Waals surface area (Å²) in [6.07, 6.45) is 1.49. The van der Waals surface area contributed by atoms with Gasteiger partial charge in [-0.25, -0.2) is 4.68 Å². The second-order valence-electron chi connectivity index (χ2n) is 6.46. The molecule has 1 N–H and O–H groups in total. The first kappa shape index (κ1) is 17.0. The monoisotopic (exact) mass is 360 g/mol. The first-order chi connectivity index (χ1) is 13.1. The first-order valence-electron chi connectivity index (χ1n) is 8.79. The SMILES string of the molecule is CC(=O)C1=C(C)Nc2ncnn2[C@H]1c1ccccc1OCc1ccccc1. The summed E-state index contributed by atoms with van der Waals surface area (Å²) in [6.45, 7) is 3.91. The van der Waals surface area contributed by atoms with Gasteiger partial charge in [-0.05, 0) is 25.5 Å². The zero-order valence-electron chi connectivity index (χ0n) is 15.2. The molecule has 27 heavy (non-hydrogen) atoms. The van der Waals surface area contributed by atoms with E-state index in [1.807, 2.05) is 61.5 Å². The number of carbonyl (C=O) groups is 1. The smallest absolute Gasteiger partial charge is 0.226 e. The molecule has 136 valence electrons. The van der Waals surface area contributed by atoms with Gasteiger partial charge in [0.1, 0.15) is 24.7 Å². The maximum Gasteiger partial charge on any atom is 0.226 e. The van der Waals surface area contributed by atoms with Crippen molar-refractivity contribution in [1.29, 1.82) is 0 Å². The molecule has 0 saturated heterocycles. The molecule has 1 aromatic heterocycles. The Morgan fingerprint density at radius 2 is 1.89 bits per heavy atom. The molecular formula is C21H20N4O2. The Hall–Kier alpha value is -3.41. The van der Waals surface area contributed by atoms with Gasteiger partial charge >= 0.3 is 0 Å². The predicted octanol–water partition coefficient (Wildman–Crippen LogP) is 3.74. The second-order valence-corrected chi connectivity index (χ2v) is 6.46. The lowest BCUT2D eigenvalue weighted by Crippen LogP contribution is -2.28. The van der Waals surface area contributed by atoms with E-state index in [2.05, 4.69) is 15.4 Å². The number of hydrogen-bond donors (Lipinski definition) is 1. The van der Waals surface area contributed by atoms with Gasteiger partial charge in [-0.15, -0.1) is 0 Å². The van der Waals surface area contributed by atoms with Crippen molar-refractivity contribution in [1.82, 2.24) is 14.8 Å². The molecule has 4 rings (SSSR count). The Balaban J connectivity index is 1.75. The summed E-state index contributed by atoms with van der Waals surface area (Å²) >= 11 is 0. The molecule has 1 aliphatic rings. The largest absolute Gasteiger partial charge is 0.489 e. The second kappa shape index (κ2) is 7.07. The van der Waals surface area contributed by atoms with E-state index in [1.165, 1.54) is 6.33 Å². The van der Waals surface area contributed by atoms with Crippen molar-refractivity contribution in [3.63, 3.8) is 0 Å². The number of anilines is 1. The van der Waals surface area contributed by atoms with E-state index in [0.717, 1.165) is 22.6 Å². The molecule has 0 saturated carbocycles. The quantitative estimate of drug-likeness (QED) is 0.751. The summed E-state index contributed by atoms with van der Waals surface area (Å²) in [5.41, 5.74) is 3.40. The summed E-state index contributed by atoms with van der Waals surface area (Å²) < 4.78 is 7.85. The van der Waals surface area contributed by atoms with E-state index in [0.29, 0.717) is 18.1 Å². The van der Waals surface area contributed by atoms with E-state index in [9.17, 15) is 4.79 Å². The molecule has 2 aromatic carbocycles. The Morgan fingerprint density at radius 3 is 2.67 bits per heavy atom. The van der Waals surface area contributed by atoms with Crippen molar-refractivity contribution < 1.29 is 9.53 Å². The van der Waals surface area contributed by atoms with Crippen molar-refractivity contribution in [3.05, 3.63) is 83.3 Å². The Labute approximate surface area is 157 Å². The fraction of sp³-hybridized carbons (Fsp3) is 0.190. The summed E-state index contributed by atoms with van der Waals surface area (Å²) in [4.78, 5) is 16.7. The van der Waals surface area contributed by atoms with E-state index >= 15 is 0 Å². The van der Waals surface area contributed by atoms with Crippen LogP contribution in [0.3, 0.4) is 0 Å². The van der Waals surface area contributed by atoms with Crippen LogP contribution < -0.4 is 10.1 Å². The summed E-state index contributed by atoms with van der Waals surface area (Å²) in [6, 6.07) is 17.4. The number of benzene rings is 2. The lowest BCUT2D eigenvalue weighted by atomic mass is 9.92. The highest BCUT2D eigenvalue weighted by atomic mass is 16.5. The number of nitrogens with one attached hydrogen (secondary N) is 1. The van der Waals surface area contributed by atoms with Crippen LogP contribution in [0.4, 0.5) is 5.95 Å². The van der Waals surface area contributed by atoms with Crippen LogP contribution in [0.5, 0.6) is 5.75 Å². The molecule has 3 aromatic rings. The minimum Gasteiger partial charge on any atom is -0.489 e. The van der Waals surface area contributed by atoms with Gasteiger partial charge in [0.25, 0.3) is 0 Å². The van der Waals surface area contributed by atoms with Crippen molar-refractivity contribution in [2.24, 2.45) is 0 Å². The topological polar surface area (TPSA) is 69.0 Å². The molecule has 1 aliphatic heterocycles. The van der Waals surface area contributed by atoms with Crippen molar-refractivity contribution >= 4 is 11.7 Å². The predicted molar refractivity (Wildman–Crippen MR) is 102 cm³/mol. The summed E-state index contributed by atoms with van der Waals surface area (Å²) in [5, 5.41) is 7.50. The number of Topliss-reactive ketones (excluding diaryl/α,β-unsaturated/α-hetero) is 1. The molecule has 2 heterocycles. The van der Waals surface area contributed by atoms with Crippen LogP contribution in [0.2, 0.25) is 0 Å². The van der Waals surface area contributed by atoms with Gasteiger partial charge in [-0.2, -0.15) is 10.1 Å². The molecule has 0 aliphatic carbocycles. The number of rotatable bonds is 5. The van der Waals surface area contributed by atoms with Crippen LogP contribution in [-0.2, 0) is 11.4 Å². The third-order valence-electron chi connectivity index (χ3n) is 4.62. The van der Waals surface area contributed by atoms with Crippen LogP contribution >= 0.6 is 0 Å². The molecule has 0 bridgehead atoms. The average Bonchev–Trinajstić information content (AvgIpc) is 3.14. The Kier molecular flexibility index (Phi) is 4.46. The Bertz CT molecular complexity index is 1010. The van der Waals surface area contributed by atoms with E-state index in [-0.39, 0.29) is 11.8 Å². The summed E-state index contributed by atoms with van der Waals surface area (Å²) in [7, 11) is 0. The summed E-state index contributed by atoms with van der Waals surface area (Å²) in [5.74, 6) is 1.32. The highest BCUT2D eigenvalue weighted by Crippen LogP contribution is 2.39. The minimum atomic E-state index is -0.381. The zero-order chi connectivity index (χ0) is 18.8. The highest BCUT2D eigenvalue weighted by molar-refractivity contribution is 5.96. The van der Waals surface area contributed by atoms with Gasteiger partial charge in [0.2, 0.25) is 5.95 Å². The lowest BCUT2D eigenvalue weighted by molar-refractivity contribution is -0.114. The Morgan fingerprint density at radius 1 is 1.15 bits per heavy atom. The highest BCUT2D eigenvalue weighted by Gasteiger charge is 2.33. The fourth-order valence-electron chi connectivity index (χ4n) is 3.41. The van der Waals surface area contributed by atoms with Crippen molar-refractivity contribution in [3.8, 4) is 5.75 Å². The normalized spacial score (nSPS) is 15.9. The van der Waals surface area contributed by atoms with Gasteiger partial charge in [0.15, 0.2) is 5.78 Å². The molecule has 0 spiro atoms. The van der Waals surface area contributed by atoms with Gasteiger partial charge in [0, 0.05) is 16.8 Å². The molecule has 0 unspecified atom stereocenters. The molecular weight excluding hydrogens is 340 g/mol.